The number of aryl methyl sites for hydroxylation is 2. The second-order valence-corrected chi connectivity index (χ2v) is 4.77. The molecule has 1 amide bonds. The van der Waals surface area contributed by atoms with Crippen molar-refractivity contribution in [1.29, 1.82) is 0 Å². The minimum atomic E-state index is -0.644. The monoisotopic (exact) mass is 306 g/mol. The first kappa shape index (κ1) is 14.9. The molecule has 1 N–H and O–H groups in total. The van der Waals surface area contributed by atoms with Crippen LogP contribution in [0.25, 0.3) is 0 Å². The summed E-state index contributed by atoms with van der Waals surface area (Å²) in [5.41, 5.74) is 1.29. The zero-order valence-corrected chi connectivity index (χ0v) is 12.0. The van der Waals surface area contributed by atoms with Gasteiger partial charge in [-0.05, 0) is 31.5 Å². The zero-order chi connectivity index (χ0) is 15.6. The van der Waals surface area contributed by atoms with Crippen molar-refractivity contribution in [2.75, 3.05) is 5.32 Å². The van der Waals surface area contributed by atoms with Gasteiger partial charge in [-0.15, -0.1) is 0 Å². The molecule has 8 heteroatoms. The second kappa shape index (κ2) is 5.84. The Morgan fingerprint density at radius 1 is 1.33 bits per heavy atom. The molecule has 2 aromatic rings. The molecule has 0 saturated carbocycles. The van der Waals surface area contributed by atoms with Gasteiger partial charge in [-0.2, -0.15) is 0 Å². The first-order chi connectivity index (χ1) is 9.86. The fraction of sp³-hybridized carbons (Fsp3) is 0.154. The summed E-state index contributed by atoms with van der Waals surface area (Å²) in [5, 5.41) is 13.2. The molecule has 0 aromatic carbocycles. The van der Waals surface area contributed by atoms with Gasteiger partial charge in [0, 0.05) is 11.8 Å². The molecule has 0 radical (unpaired) electrons. The molecule has 2 aromatic heterocycles. The molecule has 108 valence electrons. The van der Waals surface area contributed by atoms with E-state index in [9.17, 15) is 14.9 Å². The van der Waals surface area contributed by atoms with E-state index in [1.54, 1.807) is 13.0 Å². The Hall–Kier alpha value is -2.54. The summed E-state index contributed by atoms with van der Waals surface area (Å²) >= 11 is 5.81. The number of rotatable bonds is 3. The van der Waals surface area contributed by atoms with Crippen LogP contribution in [-0.4, -0.2) is 20.8 Å². The standard InChI is InChI=1S/C13H11ClN4O3/c1-7-3-8(2)16-11(4-7)17-13(19)10-5-9(18(20)21)6-15-12(10)14/h3-6H,1-2H3,(H,16,17,19). The number of nitrogens with one attached hydrogen (secondary N) is 1. The van der Waals surface area contributed by atoms with E-state index >= 15 is 0 Å². The third kappa shape index (κ3) is 3.51. The maximum Gasteiger partial charge on any atom is 0.288 e. The number of amides is 1. The van der Waals surface area contributed by atoms with Crippen LogP contribution in [0.2, 0.25) is 5.15 Å². The molecule has 2 rings (SSSR count). The maximum atomic E-state index is 12.1. The summed E-state index contributed by atoms with van der Waals surface area (Å²) in [6.45, 7) is 3.66. The Bertz CT molecular complexity index is 713. The summed E-state index contributed by atoms with van der Waals surface area (Å²) in [5.74, 6) is -0.256. The summed E-state index contributed by atoms with van der Waals surface area (Å²) in [7, 11) is 0. The number of nitrogens with zero attached hydrogens (tertiary/aromatic N) is 3. The maximum absolute atomic E-state index is 12.1. The quantitative estimate of drug-likeness (QED) is 0.534. The highest BCUT2D eigenvalue weighted by Crippen LogP contribution is 2.20. The molecule has 7 nitrogen and oxygen atoms in total. The fourth-order valence-corrected chi connectivity index (χ4v) is 1.97. The Morgan fingerprint density at radius 2 is 2.05 bits per heavy atom. The van der Waals surface area contributed by atoms with Gasteiger partial charge in [0.25, 0.3) is 11.6 Å². The average molecular weight is 307 g/mol. The molecular weight excluding hydrogens is 296 g/mol. The number of pyridine rings is 2. The van der Waals surface area contributed by atoms with Gasteiger partial charge in [0.2, 0.25) is 0 Å². The Morgan fingerprint density at radius 3 is 2.67 bits per heavy atom. The third-order valence-electron chi connectivity index (χ3n) is 2.62. The van der Waals surface area contributed by atoms with Crippen LogP contribution < -0.4 is 5.32 Å². The summed E-state index contributed by atoms with van der Waals surface area (Å²) in [6.07, 6.45) is 0.994. The van der Waals surface area contributed by atoms with E-state index < -0.39 is 10.8 Å². The number of nitro groups is 1. The van der Waals surface area contributed by atoms with Gasteiger partial charge in [-0.3, -0.25) is 14.9 Å². The summed E-state index contributed by atoms with van der Waals surface area (Å²) in [4.78, 5) is 30.0. The number of aromatic nitrogens is 2. The SMILES string of the molecule is Cc1cc(C)nc(NC(=O)c2cc([N+](=O)[O-])cnc2Cl)c1. The van der Waals surface area contributed by atoms with Crippen LogP contribution in [0.15, 0.2) is 24.4 Å². The molecule has 21 heavy (non-hydrogen) atoms. The average Bonchev–Trinajstić information content (AvgIpc) is 2.37. The molecule has 0 bridgehead atoms. The lowest BCUT2D eigenvalue weighted by Gasteiger charge is -2.07. The lowest BCUT2D eigenvalue weighted by molar-refractivity contribution is -0.385. The van der Waals surface area contributed by atoms with E-state index in [4.69, 9.17) is 11.6 Å². The highest BCUT2D eigenvalue weighted by atomic mass is 35.5. The minimum absolute atomic E-state index is 0.0770. The van der Waals surface area contributed by atoms with E-state index in [-0.39, 0.29) is 16.4 Å². The topological polar surface area (TPSA) is 98.0 Å². The van der Waals surface area contributed by atoms with Crippen molar-refractivity contribution in [2.45, 2.75) is 13.8 Å². The third-order valence-corrected chi connectivity index (χ3v) is 2.92. The van der Waals surface area contributed by atoms with Gasteiger partial charge in [0.1, 0.15) is 17.2 Å². The van der Waals surface area contributed by atoms with Crippen molar-refractivity contribution in [2.24, 2.45) is 0 Å². The van der Waals surface area contributed by atoms with Gasteiger partial charge in [-0.1, -0.05) is 11.6 Å². The first-order valence-electron chi connectivity index (χ1n) is 5.93. The molecule has 0 atom stereocenters. The number of carbonyl (C=O) groups is 1. The van der Waals surface area contributed by atoms with Crippen molar-refractivity contribution >= 4 is 29.0 Å². The molecule has 2 heterocycles. The largest absolute Gasteiger partial charge is 0.306 e. The van der Waals surface area contributed by atoms with Gasteiger partial charge < -0.3 is 5.32 Å². The number of hydrogen-bond acceptors (Lipinski definition) is 5. The van der Waals surface area contributed by atoms with Crippen LogP contribution >= 0.6 is 11.6 Å². The lowest BCUT2D eigenvalue weighted by atomic mass is 10.2. The van der Waals surface area contributed by atoms with Crippen LogP contribution in [0, 0.1) is 24.0 Å². The second-order valence-electron chi connectivity index (χ2n) is 4.41. The Kier molecular flexibility index (Phi) is 4.13. The van der Waals surface area contributed by atoms with Crippen LogP contribution in [0.3, 0.4) is 0 Å². The molecule has 0 saturated heterocycles. The van der Waals surface area contributed by atoms with E-state index in [0.717, 1.165) is 23.5 Å². The molecular formula is C13H11ClN4O3. The van der Waals surface area contributed by atoms with Gasteiger partial charge in [0.05, 0.1) is 10.5 Å². The van der Waals surface area contributed by atoms with Gasteiger partial charge in [0.15, 0.2) is 0 Å². The molecule has 0 spiro atoms. The number of halogens is 1. The minimum Gasteiger partial charge on any atom is -0.306 e. The van der Waals surface area contributed by atoms with Crippen molar-refractivity contribution < 1.29 is 9.72 Å². The lowest BCUT2D eigenvalue weighted by Crippen LogP contribution is -2.14. The molecule has 0 aliphatic carbocycles. The molecule has 0 aliphatic heterocycles. The van der Waals surface area contributed by atoms with Crippen molar-refractivity contribution in [3.05, 3.63) is 56.5 Å². The highest BCUT2D eigenvalue weighted by molar-refractivity contribution is 6.33. The van der Waals surface area contributed by atoms with E-state index in [2.05, 4.69) is 15.3 Å². The molecule has 0 aliphatic rings. The van der Waals surface area contributed by atoms with Crippen molar-refractivity contribution in [3.63, 3.8) is 0 Å². The van der Waals surface area contributed by atoms with E-state index in [1.165, 1.54) is 0 Å². The summed E-state index contributed by atoms with van der Waals surface area (Å²) < 4.78 is 0. The van der Waals surface area contributed by atoms with Gasteiger partial charge >= 0.3 is 0 Å². The Balaban J connectivity index is 2.31. The predicted octanol–water partition coefficient (Wildman–Crippen LogP) is 2.91. The van der Waals surface area contributed by atoms with Crippen LogP contribution in [0.1, 0.15) is 21.6 Å². The fourth-order valence-electron chi connectivity index (χ4n) is 1.79. The van der Waals surface area contributed by atoms with E-state index in [1.807, 2.05) is 13.0 Å². The number of hydrogen-bond donors (Lipinski definition) is 1. The normalized spacial score (nSPS) is 10.2. The highest BCUT2D eigenvalue weighted by Gasteiger charge is 2.17. The Labute approximate surface area is 125 Å². The zero-order valence-electron chi connectivity index (χ0n) is 11.3. The van der Waals surface area contributed by atoms with Crippen LogP contribution in [0.5, 0.6) is 0 Å². The van der Waals surface area contributed by atoms with E-state index in [0.29, 0.717) is 5.82 Å². The van der Waals surface area contributed by atoms with Gasteiger partial charge in [-0.25, -0.2) is 9.97 Å². The first-order valence-corrected chi connectivity index (χ1v) is 6.31. The van der Waals surface area contributed by atoms with Crippen LogP contribution in [-0.2, 0) is 0 Å². The van der Waals surface area contributed by atoms with Crippen molar-refractivity contribution in [3.8, 4) is 0 Å². The smallest absolute Gasteiger partial charge is 0.288 e. The van der Waals surface area contributed by atoms with Crippen molar-refractivity contribution in [1.82, 2.24) is 9.97 Å². The summed E-state index contributed by atoms with van der Waals surface area (Å²) in [6, 6.07) is 4.62. The molecule has 0 fully saturated rings. The number of carbonyl (C=O) groups excluding carboxylic acids is 1. The molecule has 0 unspecified atom stereocenters. The predicted molar refractivity (Wildman–Crippen MR) is 77.6 cm³/mol. The number of anilines is 1. The van der Waals surface area contributed by atoms with Crippen LogP contribution in [0.4, 0.5) is 11.5 Å².